The number of hydrogen-bond donors (Lipinski definition) is 0. The maximum atomic E-state index is 11.0. The minimum absolute atomic E-state index is 0.127. The number of esters is 1. The monoisotopic (exact) mass is 206 g/mol. The number of ether oxygens (including phenoxy) is 1. The van der Waals surface area contributed by atoms with Gasteiger partial charge in [-0.25, -0.2) is 0 Å². The van der Waals surface area contributed by atoms with Gasteiger partial charge in [-0.1, -0.05) is 11.8 Å². The highest BCUT2D eigenvalue weighted by Gasteiger charge is 1.99. The Morgan fingerprint density at radius 2 is 2.40 bits per heavy atom. The quantitative estimate of drug-likeness (QED) is 0.536. The Labute approximate surface area is 89.2 Å². The molecule has 15 heavy (non-hydrogen) atoms. The van der Waals surface area contributed by atoms with Gasteiger partial charge >= 0.3 is 5.97 Å². The summed E-state index contributed by atoms with van der Waals surface area (Å²) in [5.74, 6) is 5.37. The third-order valence-electron chi connectivity index (χ3n) is 1.77. The molecule has 0 spiro atoms. The fourth-order valence-electron chi connectivity index (χ4n) is 1.15. The van der Waals surface area contributed by atoms with E-state index in [0.717, 1.165) is 11.3 Å². The van der Waals surface area contributed by atoms with Gasteiger partial charge in [0.25, 0.3) is 0 Å². The lowest BCUT2D eigenvalue weighted by Gasteiger charge is -1.94. The van der Waals surface area contributed by atoms with E-state index in [9.17, 15) is 4.79 Å². The van der Waals surface area contributed by atoms with Gasteiger partial charge in [0.2, 0.25) is 0 Å². The molecule has 1 aromatic rings. The number of nitrogens with zero attached hydrogens (tertiary/aromatic N) is 2. The first-order chi connectivity index (χ1) is 7.13. The second kappa shape index (κ2) is 5.20. The Hall–Kier alpha value is -1.76. The van der Waals surface area contributed by atoms with E-state index in [2.05, 4.69) is 16.9 Å². The molecule has 1 heterocycles. The van der Waals surface area contributed by atoms with E-state index in [-0.39, 0.29) is 12.4 Å². The van der Waals surface area contributed by atoms with Crippen molar-refractivity contribution in [3.63, 3.8) is 0 Å². The first-order valence-corrected chi connectivity index (χ1v) is 4.78. The molecular weight excluding hydrogens is 192 g/mol. The molecule has 0 radical (unpaired) electrons. The Kier molecular flexibility index (Phi) is 3.92. The average molecular weight is 206 g/mol. The van der Waals surface area contributed by atoms with Gasteiger partial charge in [0.15, 0.2) is 0 Å². The zero-order chi connectivity index (χ0) is 11.3. The van der Waals surface area contributed by atoms with Gasteiger partial charge in [-0.05, 0) is 13.8 Å². The van der Waals surface area contributed by atoms with E-state index in [1.807, 2.05) is 20.2 Å². The second-order valence-corrected chi connectivity index (χ2v) is 3.09. The summed E-state index contributed by atoms with van der Waals surface area (Å²) in [5.41, 5.74) is 1.72. The van der Waals surface area contributed by atoms with Gasteiger partial charge in [0.1, 0.15) is 6.42 Å². The third-order valence-corrected chi connectivity index (χ3v) is 1.77. The van der Waals surface area contributed by atoms with Crippen molar-refractivity contribution in [1.29, 1.82) is 0 Å². The molecule has 4 nitrogen and oxygen atoms in total. The second-order valence-electron chi connectivity index (χ2n) is 3.09. The fraction of sp³-hybridized carbons (Fsp3) is 0.455. The van der Waals surface area contributed by atoms with Crippen molar-refractivity contribution >= 4 is 5.97 Å². The first-order valence-electron chi connectivity index (χ1n) is 4.78. The molecule has 0 saturated heterocycles. The topological polar surface area (TPSA) is 44.1 Å². The molecule has 0 aliphatic rings. The first kappa shape index (κ1) is 11.3. The van der Waals surface area contributed by atoms with Crippen LogP contribution < -0.4 is 0 Å². The van der Waals surface area contributed by atoms with Crippen LogP contribution in [0.5, 0.6) is 0 Å². The van der Waals surface area contributed by atoms with Gasteiger partial charge in [-0.2, -0.15) is 5.10 Å². The summed E-state index contributed by atoms with van der Waals surface area (Å²) in [6.45, 7) is 4.05. The van der Waals surface area contributed by atoms with Crippen LogP contribution in [0.15, 0.2) is 6.20 Å². The molecule has 0 fully saturated rings. The zero-order valence-electron chi connectivity index (χ0n) is 9.20. The number of aromatic nitrogens is 2. The average Bonchev–Trinajstić information content (AvgIpc) is 2.46. The van der Waals surface area contributed by atoms with Gasteiger partial charge < -0.3 is 4.74 Å². The molecule has 0 amide bonds. The molecule has 0 N–H and O–H groups in total. The van der Waals surface area contributed by atoms with Crippen molar-refractivity contribution in [2.75, 3.05) is 6.61 Å². The van der Waals surface area contributed by atoms with Crippen molar-refractivity contribution < 1.29 is 9.53 Å². The van der Waals surface area contributed by atoms with E-state index in [4.69, 9.17) is 4.74 Å². The molecule has 0 atom stereocenters. The Morgan fingerprint density at radius 3 is 2.93 bits per heavy atom. The van der Waals surface area contributed by atoms with Crippen LogP contribution in [0.25, 0.3) is 0 Å². The third kappa shape index (κ3) is 3.47. The van der Waals surface area contributed by atoms with Crippen LogP contribution in [0.3, 0.4) is 0 Å². The maximum absolute atomic E-state index is 11.0. The van der Waals surface area contributed by atoms with Crippen LogP contribution in [0.4, 0.5) is 0 Å². The molecule has 0 aliphatic heterocycles. The van der Waals surface area contributed by atoms with Crippen molar-refractivity contribution in [3.8, 4) is 11.8 Å². The molecule has 0 saturated carbocycles. The summed E-state index contributed by atoms with van der Waals surface area (Å²) in [4.78, 5) is 11.0. The molecule has 80 valence electrons. The van der Waals surface area contributed by atoms with Crippen LogP contribution in [0, 0.1) is 18.8 Å². The number of carbonyl (C=O) groups excluding carboxylic acids is 1. The zero-order valence-corrected chi connectivity index (χ0v) is 9.20. The van der Waals surface area contributed by atoms with Crippen LogP contribution in [-0.4, -0.2) is 22.4 Å². The van der Waals surface area contributed by atoms with E-state index < -0.39 is 0 Å². The highest BCUT2D eigenvalue weighted by Crippen LogP contribution is 2.01. The Morgan fingerprint density at radius 1 is 1.67 bits per heavy atom. The van der Waals surface area contributed by atoms with Crippen LogP contribution in [-0.2, 0) is 16.6 Å². The van der Waals surface area contributed by atoms with Gasteiger partial charge in [-0.3, -0.25) is 9.48 Å². The minimum Gasteiger partial charge on any atom is -0.465 e. The lowest BCUT2D eigenvalue weighted by Crippen LogP contribution is -2.01. The summed E-state index contributed by atoms with van der Waals surface area (Å²) in [6, 6.07) is 0. The largest absolute Gasteiger partial charge is 0.465 e. The molecule has 0 unspecified atom stereocenters. The van der Waals surface area contributed by atoms with Crippen LogP contribution in [0.1, 0.15) is 24.6 Å². The lowest BCUT2D eigenvalue weighted by molar-refractivity contribution is -0.141. The van der Waals surface area contributed by atoms with Gasteiger partial charge in [0, 0.05) is 13.2 Å². The highest BCUT2D eigenvalue weighted by atomic mass is 16.5. The predicted octanol–water partition coefficient (Wildman–Crippen LogP) is 1.03. The molecular formula is C11H14N2O2. The molecule has 0 aromatic carbocycles. The Balaban J connectivity index is 2.58. The summed E-state index contributed by atoms with van der Waals surface area (Å²) in [7, 11) is 1.84. The minimum atomic E-state index is -0.286. The lowest BCUT2D eigenvalue weighted by atomic mass is 10.2. The number of aryl methyl sites for hydroxylation is 2. The molecule has 1 rings (SSSR count). The predicted molar refractivity (Wildman–Crippen MR) is 56.1 cm³/mol. The molecule has 1 aromatic heterocycles. The summed E-state index contributed by atoms with van der Waals surface area (Å²) < 4.78 is 6.45. The maximum Gasteiger partial charge on any atom is 0.317 e. The summed E-state index contributed by atoms with van der Waals surface area (Å²) in [5, 5.41) is 4.14. The van der Waals surface area contributed by atoms with Crippen molar-refractivity contribution in [2.24, 2.45) is 7.05 Å². The highest BCUT2D eigenvalue weighted by molar-refractivity contribution is 5.72. The molecule has 0 aliphatic carbocycles. The van der Waals surface area contributed by atoms with E-state index >= 15 is 0 Å². The standard InChI is InChI=1S/C11H14N2O2/c1-4-15-11(14)7-5-6-10-8-13(3)12-9(10)2/h8H,4,7H2,1-3H3. The van der Waals surface area contributed by atoms with Crippen LogP contribution >= 0.6 is 0 Å². The summed E-state index contributed by atoms with van der Waals surface area (Å²) >= 11 is 0. The normalized spacial score (nSPS) is 9.27. The molecule has 0 bridgehead atoms. The molecule has 4 heteroatoms. The van der Waals surface area contributed by atoms with Gasteiger partial charge in [0.05, 0.1) is 17.9 Å². The van der Waals surface area contributed by atoms with Gasteiger partial charge in [-0.15, -0.1) is 0 Å². The van der Waals surface area contributed by atoms with Crippen LogP contribution in [0.2, 0.25) is 0 Å². The summed E-state index contributed by atoms with van der Waals surface area (Å²) in [6.07, 6.45) is 1.95. The van der Waals surface area contributed by atoms with E-state index in [0.29, 0.717) is 6.61 Å². The SMILES string of the molecule is CCOC(=O)CC#Cc1cn(C)nc1C. The Bertz CT molecular complexity index is 410. The van der Waals surface area contributed by atoms with Crippen molar-refractivity contribution in [3.05, 3.63) is 17.5 Å². The van der Waals surface area contributed by atoms with Crippen molar-refractivity contribution in [2.45, 2.75) is 20.3 Å². The number of rotatable bonds is 2. The number of carbonyl (C=O) groups is 1. The fourth-order valence-corrected chi connectivity index (χ4v) is 1.15. The number of hydrogen-bond acceptors (Lipinski definition) is 3. The van der Waals surface area contributed by atoms with E-state index in [1.165, 1.54) is 0 Å². The van der Waals surface area contributed by atoms with E-state index in [1.54, 1.807) is 11.6 Å². The smallest absolute Gasteiger partial charge is 0.317 e. The van der Waals surface area contributed by atoms with Crippen molar-refractivity contribution in [1.82, 2.24) is 9.78 Å².